The van der Waals surface area contributed by atoms with Gasteiger partial charge in [-0.3, -0.25) is 0 Å². The van der Waals surface area contributed by atoms with Crippen molar-refractivity contribution in [3.8, 4) is 5.75 Å². The van der Waals surface area contributed by atoms with Crippen LogP contribution in [0.5, 0.6) is 5.75 Å². The van der Waals surface area contributed by atoms with E-state index < -0.39 is 0 Å². The summed E-state index contributed by atoms with van der Waals surface area (Å²) in [4.78, 5) is 0. The molecule has 0 radical (unpaired) electrons. The summed E-state index contributed by atoms with van der Waals surface area (Å²) in [5, 5.41) is 20.2. The van der Waals surface area contributed by atoms with Crippen LogP contribution < -0.4 is 0 Å². The van der Waals surface area contributed by atoms with Gasteiger partial charge in [0.1, 0.15) is 5.75 Å². The Bertz CT molecular complexity index is 608. The summed E-state index contributed by atoms with van der Waals surface area (Å²) in [5.41, 5.74) is 3.18. The van der Waals surface area contributed by atoms with Gasteiger partial charge in [0.05, 0.1) is 6.10 Å². The van der Waals surface area contributed by atoms with E-state index in [1.54, 1.807) is 0 Å². The molecule has 6 atom stereocenters. The van der Waals surface area contributed by atoms with Gasteiger partial charge < -0.3 is 10.2 Å². The maximum Gasteiger partial charge on any atom is 0.115 e. The van der Waals surface area contributed by atoms with Crippen LogP contribution in [0, 0.1) is 29.1 Å². The maximum atomic E-state index is 10.3. The van der Waals surface area contributed by atoms with Gasteiger partial charge in [0.25, 0.3) is 0 Å². The van der Waals surface area contributed by atoms with Crippen molar-refractivity contribution >= 4 is 0 Å². The van der Waals surface area contributed by atoms with Crippen molar-refractivity contribution in [1.29, 1.82) is 0 Å². The molecule has 2 fully saturated rings. The second-order valence-electron chi connectivity index (χ2n) is 9.07. The fourth-order valence-electron chi connectivity index (χ4n) is 6.38. The minimum absolute atomic E-state index is 0.0993. The highest BCUT2D eigenvalue weighted by atomic mass is 16.3. The van der Waals surface area contributed by atoms with E-state index in [2.05, 4.69) is 26.8 Å². The summed E-state index contributed by atoms with van der Waals surface area (Å²) in [6.07, 6.45) is 5.46. The molecule has 2 N–H and O–H groups in total. The number of phenolic OH excluding ortho intramolecular Hbond substituents is 1. The van der Waals surface area contributed by atoms with E-state index in [1.165, 1.54) is 24.0 Å². The molecular weight excluding hydrogens is 284 g/mol. The molecule has 2 heteroatoms. The predicted octanol–water partition coefficient (Wildman–Crippen LogP) is 4.49. The zero-order chi connectivity index (χ0) is 16.4. The molecule has 0 spiro atoms. The predicted molar refractivity (Wildman–Crippen MR) is 92.4 cm³/mol. The molecule has 2 nitrogen and oxygen atoms in total. The van der Waals surface area contributed by atoms with Crippen LogP contribution in [0.1, 0.15) is 63.5 Å². The summed E-state index contributed by atoms with van der Waals surface area (Å²) >= 11 is 0. The molecule has 1 aromatic rings. The van der Waals surface area contributed by atoms with Gasteiger partial charge in [-0.1, -0.05) is 26.8 Å². The topological polar surface area (TPSA) is 40.5 Å². The van der Waals surface area contributed by atoms with Crippen molar-refractivity contribution in [2.75, 3.05) is 0 Å². The lowest BCUT2D eigenvalue weighted by Crippen LogP contribution is -2.45. The van der Waals surface area contributed by atoms with Crippen LogP contribution in [0.2, 0.25) is 0 Å². The Labute approximate surface area is 139 Å². The van der Waals surface area contributed by atoms with E-state index >= 15 is 0 Å². The lowest BCUT2D eigenvalue weighted by atomic mass is 9.51. The second-order valence-corrected chi connectivity index (χ2v) is 9.07. The van der Waals surface area contributed by atoms with Gasteiger partial charge in [0.2, 0.25) is 0 Å². The van der Waals surface area contributed by atoms with E-state index in [4.69, 9.17) is 0 Å². The van der Waals surface area contributed by atoms with Crippen molar-refractivity contribution in [2.24, 2.45) is 29.1 Å². The van der Waals surface area contributed by atoms with Crippen LogP contribution in [-0.4, -0.2) is 16.3 Å². The highest BCUT2D eigenvalue weighted by Crippen LogP contribution is 2.63. The Morgan fingerprint density at radius 2 is 2.04 bits per heavy atom. The standard InChI is InChI=1S/C21H30O2/c1-12(2)18-9-13-8-14(22)4-5-16(13)17-6-7-21(3)11-15(23)10-19(21)20(17)18/h4-5,8,12,15,17-20,22-23H,6-7,9-11H2,1-3H3/t15-,17+,18+,19-,20-,21+/m0/s1. The third-order valence-electron chi connectivity index (χ3n) is 7.41. The van der Waals surface area contributed by atoms with E-state index in [9.17, 15) is 10.2 Å². The number of aliphatic hydroxyl groups excluding tert-OH is 1. The molecule has 0 aliphatic heterocycles. The molecule has 0 bridgehead atoms. The van der Waals surface area contributed by atoms with Gasteiger partial charge in [-0.25, -0.2) is 0 Å². The first-order chi connectivity index (χ1) is 10.9. The molecule has 4 rings (SSSR count). The molecule has 0 unspecified atom stereocenters. The quantitative estimate of drug-likeness (QED) is 0.801. The molecule has 126 valence electrons. The molecule has 0 saturated heterocycles. The Morgan fingerprint density at radius 1 is 1.26 bits per heavy atom. The van der Waals surface area contributed by atoms with Gasteiger partial charge in [-0.15, -0.1) is 0 Å². The van der Waals surface area contributed by atoms with Crippen LogP contribution in [-0.2, 0) is 6.42 Å². The molecule has 0 amide bonds. The number of aromatic hydroxyl groups is 1. The number of hydrogen-bond donors (Lipinski definition) is 2. The molecule has 2 saturated carbocycles. The molecule has 23 heavy (non-hydrogen) atoms. The summed E-state index contributed by atoms with van der Waals surface area (Å²) < 4.78 is 0. The number of aliphatic hydroxyl groups is 1. The Balaban J connectivity index is 1.79. The highest BCUT2D eigenvalue weighted by molar-refractivity contribution is 5.40. The van der Waals surface area contributed by atoms with Crippen LogP contribution in [0.3, 0.4) is 0 Å². The zero-order valence-corrected chi connectivity index (χ0v) is 14.6. The van der Waals surface area contributed by atoms with Crippen LogP contribution in [0.15, 0.2) is 18.2 Å². The first kappa shape index (κ1) is 15.5. The van der Waals surface area contributed by atoms with E-state index in [0.29, 0.717) is 40.8 Å². The smallest absolute Gasteiger partial charge is 0.115 e. The second kappa shape index (κ2) is 5.24. The van der Waals surface area contributed by atoms with Crippen LogP contribution in [0.4, 0.5) is 0 Å². The minimum Gasteiger partial charge on any atom is -0.508 e. The first-order valence-corrected chi connectivity index (χ1v) is 9.39. The normalized spacial score (nSPS) is 42.2. The molecular formula is C21H30O2. The number of benzene rings is 1. The number of hydrogen-bond acceptors (Lipinski definition) is 2. The van der Waals surface area contributed by atoms with Gasteiger partial charge in [0, 0.05) is 0 Å². The summed E-state index contributed by atoms with van der Waals surface area (Å²) in [6.45, 7) is 7.13. The Hall–Kier alpha value is -1.02. The number of fused-ring (bicyclic) bond motifs is 5. The van der Waals surface area contributed by atoms with E-state index in [1.807, 2.05) is 12.1 Å². The van der Waals surface area contributed by atoms with Crippen molar-refractivity contribution in [3.05, 3.63) is 29.3 Å². The third-order valence-corrected chi connectivity index (χ3v) is 7.41. The molecule has 0 aromatic heterocycles. The van der Waals surface area contributed by atoms with E-state index in [-0.39, 0.29) is 6.10 Å². The van der Waals surface area contributed by atoms with Crippen molar-refractivity contribution < 1.29 is 10.2 Å². The lowest BCUT2D eigenvalue weighted by molar-refractivity contribution is 0.0112. The highest BCUT2D eigenvalue weighted by Gasteiger charge is 2.55. The summed E-state index contributed by atoms with van der Waals surface area (Å²) in [5.74, 6) is 3.70. The SMILES string of the molecule is CC(C)[C@H]1Cc2cc(O)ccc2[C@H]2CC[C@]3(C)C[C@@H](O)C[C@H]3[C@@H]21. The monoisotopic (exact) mass is 314 g/mol. The van der Waals surface area contributed by atoms with Gasteiger partial charge >= 0.3 is 0 Å². The Morgan fingerprint density at radius 3 is 2.78 bits per heavy atom. The Kier molecular flexibility index (Phi) is 3.53. The molecule has 3 aliphatic rings. The van der Waals surface area contributed by atoms with Gasteiger partial charge in [-0.05, 0) is 90.4 Å². The van der Waals surface area contributed by atoms with Crippen molar-refractivity contribution in [3.63, 3.8) is 0 Å². The maximum absolute atomic E-state index is 10.3. The molecule has 0 heterocycles. The fraction of sp³-hybridized carbons (Fsp3) is 0.714. The minimum atomic E-state index is -0.0993. The fourth-order valence-corrected chi connectivity index (χ4v) is 6.38. The first-order valence-electron chi connectivity index (χ1n) is 9.39. The van der Waals surface area contributed by atoms with Crippen molar-refractivity contribution in [2.45, 2.75) is 64.9 Å². The number of rotatable bonds is 1. The van der Waals surface area contributed by atoms with Crippen LogP contribution in [0.25, 0.3) is 0 Å². The summed E-state index contributed by atoms with van der Waals surface area (Å²) in [7, 11) is 0. The largest absolute Gasteiger partial charge is 0.508 e. The van der Waals surface area contributed by atoms with Crippen molar-refractivity contribution in [1.82, 2.24) is 0 Å². The number of phenols is 1. The average Bonchev–Trinajstić information content (AvgIpc) is 2.79. The zero-order valence-electron chi connectivity index (χ0n) is 14.6. The molecule has 3 aliphatic carbocycles. The van der Waals surface area contributed by atoms with Crippen LogP contribution >= 0.6 is 0 Å². The average molecular weight is 314 g/mol. The molecule has 1 aromatic carbocycles. The lowest BCUT2D eigenvalue weighted by Gasteiger charge is -2.53. The van der Waals surface area contributed by atoms with Gasteiger partial charge in [-0.2, -0.15) is 0 Å². The summed E-state index contributed by atoms with van der Waals surface area (Å²) in [6, 6.07) is 6.04. The van der Waals surface area contributed by atoms with E-state index in [0.717, 1.165) is 19.3 Å². The third kappa shape index (κ3) is 2.33. The van der Waals surface area contributed by atoms with Gasteiger partial charge in [0.15, 0.2) is 0 Å².